The smallest absolute Gasteiger partial charge is 0.122 e. The summed E-state index contributed by atoms with van der Waals surface area (Å²) >= 11 is 0. The fraction of sp³-hybridized carbons (Fsp3) is 0.611. The second-order valence-electron chi connectivity index (χ2n) is 7.31. The molecule has 0 aromatic carbocycles. The van der Waals surface area contributed by atoms with Gasteiger partial charge in [-0.15, -0.1) is 0 Å². The largest absolute Gasteiger partial charge is 0.472 e. The van der Waals surface area contributed by atoms with Gasteiger partial charge in [0.1, 0.15) is 5.82 Å². The quantitative estimate of drug-likeness (QED) is 0.854. The normalized spacial score (nSPS) is 26.2. The van der Waals surface area contributed by atoms with E-state index in [0.717, 1.165) is 58.3 Å². The van der Waals surface area contributed by atoms with Crippen molar-refractivity contribution in [2.45, 2.75) is 19.5 Å². The third-order valence-electron chi connectivity index (χ3n) is 5.31. The summed E-state index contributed by atoms with van der Waals surface area (Å²) in [5.74, 6) is 1.14. The van der Waals surface area contributed by atoms with E-state index in [9.17, 15) is 0 Å². The van der Waals surface area contributed by atoms with Crippen molar-refractivity contribution >= 4 is 0 Å². The highest BCUT2D eigenvalue weighted by Crippen LogP contribution is 2.34. The molecule has 0 saturated carbocycles. The molecular weight excluding hydrogens is 304 g/mol. The maximum absolute atomic E-state index is 5.98. The number of aromatic nitrogens is 2. The highest BCUT2D eigenvalue weighted by atomic mass is 16.5. The third-order valence-corrected chi connectivity index (χ3v) is 5.31. The van der Waals surface area contributed by atoms with E-state index in [0.29, 0.717) is 0 Å². The molecule has 6 nitrogen and oxygen atoms in total. The van der Waals surface area contributed by atoms with Crippen LogP contribution in [-0.4, -0.2) is 58.7 Å². The molecule has 4 rings (SSSR count). The number of aryl methyl sites for hydroxylation is 1. The molecule has 2 aliphatic rings. The lowest BCUT2D eigenvalue weighted by Crippen LogP contribution is -2.40. The van der Waals surface area contributed by atoms with Gasteiger partial charge in [-0.3, -0.25) is 9.80 Å². The molecule has 0 radical (unpaired) electrons. The van der Waals surface area contributed by atoms with Gasteiger partial charge >= 0.3 is 0 Å². The minimum atomic E-state index is 0.241. The summed E-state index contributed by atoms with van der Waals surface area (Å²) in [6, 6.07) is 2.06. The number of hydrogen-bond acceptors (Lipinski definition) is 5. The summed E-state index contributed by atoms with van der Waals surface area (Å²) in [5.41, 5.74) is 1.49. The van der Waals surface area contributed by atoms with Gasteiger partial charge in [0.25, 0.3) is 0 Å². The Morgan fingerprint density at radius 1 is 1.21 bits per heavy atom. The van der Waals surface area contributed by atoms with Gasteiger partial charge in [-0.05, 0) is 19.0 Å². The lowest BCUT2D eigenvalue weighted by atomic mass is 9.87. The van der Waals surface area contributed by atoms with Gasteiger partial charge in [-0.25, -0.2) is 4.98 Å². The predicted octanol–water partition coefficient (Wildman–Crippen LogP) is 1.74. The van der Waals surface area contributed by atoms with Gasteiger partial charge in [0.2, 0.25) is 0 Å². The predicted molar refractivity (Wildman–Crippen MR) is 90.3 cm³/mol. The molecule has 2 fully saturated rings. The molecule has 24 heavy (non-hydrogen) atoms. The van der Waals surface area contributed by atoms with E-state index in [-0.39, 0.29) is 5.41 Å². The summed E-state index contributed by atoms with van der Waals surface area (Å²) in [6.07, 6.45) is 8.69. The van der Waals surface area contributed by atoms with Crippen molar-refractivity contribution in [3.8, 4) is 0 Å². The molecule has 6 heteroatoms. The van der Waals surface area contributed by atoms with E-state index in [1.807, 2.05) is 18.7 Å². The van der Waals surface area contributed by atoms with Crippen LogP contribution in [0.3, 0.4) is 0 Å². The van der Waals surface area contributed by atoms with Gasteiger partial charge in [0, 0.05) is 56.6 Å². The summed E-state index contributed by atoms with van der Waals surface area (Å²) in [4.78, 5) is 9.50. The second-order valence-corrected chi connectivity index (χ2v) is 7.31. The topological polar surface area (TPSA) is 46.7 Å². The van der Waals surface area contributed by atoms with Gasteiger partial charge < -0.3 is 13.7 Å². The Labute approximate surface area is 143 Å². The maximum atomic E-state index is 5.98. The Morgan fingerprint density at radius 2 is 2.08 bits per heavy atom. The number of rotatable bonds is 4. The zero-order chi connectivity index (χ0) is 16.4. The lowest BCUT2D eigenvalue weighted by molar-refractivity contribution is 0.0703. The number of imidazole rings is 1. The van der Waals surface area contributed by atoms with Crippen LogP contribution in [-0.2, 0) is 24.9 Å². The molecule has 2 saturated heterocycles. The zero-order valence-corrected chi connectivity index (χ0v) is 14.4. The summed E-state index contributed by atoms with van der Waals surface area (Å²) in [6.45, 7) is 7.85. The van der Waals surface area contributed by atoms with Crippen LogP contribution in [0.5, 0.6) is 0 Å². The minimum Gasteiger partial charge on any atom is -0.472 e. The van der Waals surface area contributed by atoms with Crippen molar-refractivity contribution in [3.63, 3.8) is 0 Å². The lowest BCUT2D eigenvalue weighted by Gasteiger charge is -2.31. The Bertz CT molecular complexity index is 654. The first-order valence-electron chi connectivity index (χ1n) is 8.72. The Kier molecular flexibility index (Phi) is 4.43. The van der Waals surface area contributed by atoms with E-state index in [2.05, 4.69) is 32.5 Å². The van der Waals surface area contributed by atoms with Crippen molar-refractivity contribution in [1.29, 1.82) is 0 Å². The van der Waals surface area contributed by atoms with Gasteiger partial charge in [0.05, 0.1) is 32.3 Å². The van der Waals surface area contributed by atoms with Crippen molar-refractivity contribution < 1.29 is 9.15 Å². The van der Waals surface area contributed by atoms with Crippen molar-refractivity contribution in [2.75, 3.05) is 39.4 Å². The monoisotopic (exact) mass is 330 g/mol. The SMILES string of the molecule is Cn1ccnc1CN1CCC2(COCCN(Cc3ccoc3)C2)C1. The van der Waals surface area contributed by atoms with Crippen LogP contribution in [0, 0.1) is 5.41 Å². The number of likely N-dealkylation sites (tertiary alicyclic amines) is 1. The molecule has 1 atom stereocenters. The van der Waals surface area contributed by atoms with E-state index in [1.54, 1.807) is 6.26 Å². The molecule has 0 N–H and O–H groups in total. The Hall–Kier alpha value is -1.63. The molecule has 130 valence electrons. The summed E-state index contributed by atoms with van der Waals surface area (Å²) in [7, 11) is 2.07. The number of furan rings is 1. The second kappa shape index (κ2) is 6.70. The molecule has 0 amide bonds. The van der Waals surface area contributed by atoms with Crippen LogP contribution in [0.1, 0.15) is 17.8 Å². The molecule has 4 heterocycles. The molecule has 2 aromatic heterocycles. The molecule has 2 aliphatic heterocycles. The first-order chi connectivity index (χ1) is 11.7. The van der Waals surface area contributed by atoms with E-state index in [4.69, 9.17) is 9.15 Å². The van der Waals surface area contributed by atoms with E-state index < -0.39 is 0 Å². The fourth-order valence-electron chi connectivity index (χ4n) is 4.02. The Balaban J connectivity index is 1.41. The average molecular weight is 330 g/mol. The van der Waals surface area contributed by atoms with Gasteiger partial charge in [-0.1, -0.05) is 0 Å². The van der Waals surface area contributed by atoms with Crippen LogP contribution in [0.2, 0.25) is 0 Å². The summed E-state index contributed by atoms with van der Waals surface area (Å²) in [5, 5.41) is 0. The number of ether oxygens (including phenoxy) is 1. The molecule has 0 bridgehead atoms. The fourth-order valence-corrected chi connectivity index (χ4v) is 4.02. The van der Waals surface area contributed by atoms with Gasteiger partial charge in [-0.2, -0.15) is 0 Å². The third kappa shape index (κ3) is 3.41. The Morgan fingerprint density at radius 3 is 2.83 bits per heavy atom. The minimum absolute atomic E-state index is 0.241. The molecule has 1 unspecified atom stereocenters. The number of hydrogen-bond donors (Lipinski definition) is 0. The van der Waals surface area contributed by atoms with Crippen LogP contribution in [0.15, 0.2) is 35.4 Å². The van der Waals surface area contributed by atoms with E-state index >= 15 is 0 Å². The number of nitrogens with zero attached hydrogens (tertiary/aromatic N) is 4. The van der Waals surface area contributed by atoms with E-state index in [1.165, 1.54) is 12.0 Å². The highest BCUT2D eigenvalue weighted by molar-refractivity contribution is 5.06. The zero-order valence-electron chi connectivity index (χ0n) is 14.4. The van der Waals surface area contributed by atoms with Crippen molar-refractivity contribution in [2.24, 2.45) is 12.5 Å². The standard InChI is InChI=1S/C18H26N4O2/c1-20-6-4-19-17(20)11-21-5-3-18(13-21)14-22(7-9-24-15-18)10-16-2-8-23-12-16/h2,4,6,8,12H,3,5,7,9-11,13-15H2,1H3. The van der Waals surface area contributed by atoms with Crippen LogP contribution < -0.4 is 0 Å². The van der Waals surface area contributed by atoms with Crippen LogP contribution in [0.4, 0.5) is 0 Å². The van der Waals surface area contributed by atoms with Crippen LogP contribution >= 0.6 is 0 Å². The molecule has 0 aliphatic carbocycles. The van der Waals surface area contributed by atoms with Crippen LogP contribution in [0.25, 0.3) is 0 Å². The average Bonchev–Trinajstić information content (AvgIpc) is 3.26. The van der Waals surface area contributed by atoms with Crippen molar-refractivity contribution in [3.05, 3.63) is 42.4 Å². The van der Waals surface area contributed by atoms with Crippen molar-refractivity contribution in [1.82, 2.24) is 19.4 Å². The molecule has 1 spiro atoms. The molecular formula is C18H26N4O2. The first-order valence-corrected chi connectivity index (χ1v) is 8.72. The first kappa shape index (κ1) is 15.9. The summed E-state index contributed by atoms with van der Waals surface area (Å²) < 4.78 is 13.3. The van der Waals surface area contributed by atoms with Gasteiger partial charge in [0.15, 0.2) is 0 Å². The molecule has 2 aromatic rings. The highest BCUT2D eigenvalue weighted by Gasteiger charge is 2.41. The maximum Gasteiger partial charge on any atom is 0.122 e.